The molecular formula is C14H14Cl2N2O2S. The average Bonchev–Trinajstić information content (AvgIpc) is 2.91. The molecular weight excluding hydrogens is 331 g/mol. The highest BCUT2D eigenvalue weighted by Crippen LogP contribution is 2.30. The van der Waals surface area contributed by atoms with Crippen LogP contribution in [0.3, 0.4) is 0 Å². The Labute approximate surface area is 138 Å². The lowest BCUT2D eigenvalue weighted by atomic mass is 10.1. The second-order valence-electron chi connectivity index (χ2n) is 4.21. The number of aromatic nitrogens is 2. The van der Waals surface area contributed by atoms with Crippen LogP contribution < -0.4 is 0 Å². The quantitative estimate of drug-likeness (QED) is 0.759. The minimum Gasteiger partial charge on any atom is -0.457 e. The lowest BCUT2D eigenvalue weighted by molar-refractivity contribution is 0.109. The molecule has 1 atom stereocenters. The first-order chi connectivity index (χ1) is 10.1. The van der Waals surface area contributed by atoms with E-state index in [-0.39, 0.29) is 11.3 Å². The van der Waals surface area contributed by atoms with E-state index in [1.54, 1.807) is 24.7 Å². The van der Waals surface area contributed by atoms with Crippen molar-refractivity contribution in [3.63, 3.8) is 0 Å². The van der Waals surface area contributed by atoms with Crippen LogP contribution in [0.25, 0.3) is 0 Å². The lowest BCUT2D eigenvalue weighted by Gasteiger charge is -2.21. The van der Waals surface area contributed by atoms with Crippen molar-refractivity contribution in [3.05, 3.63) is 52.5 Å². The average molecular weight is 345 g/mol. The summed E-state index contributed by atoms with van der Waals surface area (Å²) in [5, 5.41) is 1.18. The van der Waals surface area contributed by atoms with Gasteiger partial charge >= 0.3 is 5.24 Å². The summed E-state index contributed by atoms with van der Waals surface area (Å²) in [5.74, 6) is 0. The van der Waals surface area contributed by atoms with Gasteiger partial charge in [0.1, 0.15) is 6.10 Å². The summed E-state index contributed by atoms with van der Waals surface area (Å²) in [5.41, 5.74) is 0.789. The number of hydrogen-bond acceptors (Lipinski definition) is 4. The predicted octanol–water partition coefficient (Wildman–Crippen LogP) is 4.27. The Morgan fingerprint density at radius 1 is 1.43 bits per heavy atom. The van der Waals surface area contributed by atoms with Crippen LogP contribution in [0, 0.1) is 0 Å². The van der Waals surface area contributed by atoms with Crippen molar-refractivity contribution in [3.8, 4) is 0 Å². The summed E-state index contributed by atoms with van der Waals surface area (Å²) in [6.45, 7) is 2.80. The van der Waals surface area contributed by atoms with Crippen LogP contribution in [0.4, 0.5) is 0 Å². The maximum atomic E-state index is 6.25. The molecule has 0 aliphatic heterocycles. The third-order valence-corrected chi connectivity index (χ3v) is 3.52. The Morgan fingerprint density at radius 3 is 2.86 bits per heavy atom. The van der Waals surface area contributed by atoms with Gasteiger partial charge in [-0.3, -0.25) is 0 Å². The fourth-order valence-corrected chi connectivity index (χ4v) is 2.58. The lowest BCUT2D eigenvalue weighted by Crippen LogP contribution is -2.17. The van der Waals surface area contributed by atoms with Gasteiger partial charge in [-0.1, -0.05) is 29.3 Å². The van der Waals surface area contributed by atoms with E-state index in [9.17, 15) is 0 Å². The highest BCUT2D eigenvalue weighted by Gasteiger charge is 2.19. The number of hydrogen-bond donors (Lipinski definition) is 0. The van der Waals surface area contributed by atoms with Crippen molar-refractivity contribution in [1.29, 1.82) is 0 Å². The minimum atomic E-state index is -0.386. The summed E-state index contributed by atoms with van der Waals surface area (Å²) < 4.78 is 12.8. The van der Waals surface area contributed by atoms with Gasteiger partial charge in [-0.25, -0.2) is 4.98 Å². The Kier molecular flexibility index (Phi) is 5.85. The molecule has 2 rings (SSSR count). The zero-order valence-electron chi connectivity index (χ0n) is 11.3. The number of nitrogens with zero attached hydrogens (tertiary/aromatic N) is 2. The van der Waals surface area contributed by atoms with Crippen LogP contribution in [0.1, 0.15) is 18.6 Å². The maximum absolute atomic E-state index is 6.25. The number of thiocarbonyl (C=S) groups is 1. The van der Waals surface area contributed by atoms with E-state index in [2.05, 4.69) is 4.98 Å². The zero-order valence-corrected chi connectivity index (χ0v) is 13.7. The van der Waals surface area contributed by atoms with Crippen LogP contribution in [-0.2, 0) is 16.0 Å². The third kappa shape index (κ3) is 4.59. The summed E-state index contributed by atoms with van der Waals surface area (Å²) in [6, 6.07) is 5.25. The van der Waals surface area contributed by atoms with Crippen molar-refractivity contribution < 1.29 is 9.47 Å². The van der Waals surface area contributed by atoms with Gasteiger partial charge in [-0.2, -0.15) is 0 Å². The van der Waals surface area contributed by atoms with Gasteiger partial charge in [-0.05, 0) is 19.1 Å². The van der Waals surface area contributed by atoms with Gasteiger partial charge in [0.25, 0.3) is 0 Å². The molecule has 21 heavy (non-hydrogen) atoms. The molecule has 0 fully saturated rings. The molecule has 0 radical (unpaired) electrons. The van der Waals surface area contributed by atoms with E-state index in [4.69, 9.17) is 44.9 Å². The van der Waals surface area contributed by atoms with Crippen molar-refractivity contribution in [2.45, 2.75) is 19.6 Å². The minimum absolute atomic E-state index is 0.0913. The number of ether oxygens (including phenoxy) is 2. The van der Waals surface area contributed by atoms with E-state index in [1.165, 1.54) is 0 Å². The third-order valence-electron chi connectivity index (χ3n) is 2.75. The SMILES string of the molecule is CCOC(=S)OC(Cn1ccnc1)c1ccc(Cl)cc1Cl. The largest absolute Gasteiger partial charge is 0.457 e. The second-order valence-corrected chi connectivity index (χ2v) is 5.39. The van der Waals surface area contributed by atoms with Crippen molar-refractivity contribution in [2.75, 3.05) is 6.61 Å². The Hall–Kier alpha value is -1.30. The first-order valence-corrected chi connectivity index (χ1v) is 7.50. The summed E-state index contributed by atoms with van der Waals surface area (Å²) >= 11 is 17.2. The normalized spacial score (nSPS) is 12.0. The number of halogens is 2. The van der Waals surface area contributed by atoms with Crippen LogP contribution in [0.2, 0.25) is 10.0 Å². The first kappa shape index (κ1) is 16.1. The standard InChI is InChI=1S/C14H14Cl2N2O2S/c1-2-19-14(21)20-13(8-18-6-5-17-9-18)11-4-3-10(15)7-12(11)16/h3-7,9,13H,2,8H2,1H3. The van der Waals surface area contributed by atoms with Gasteiger partial charge in [0, 0.05) is 40.2 Å². The topological polar surface area (TPSA) is 36.3 Å². The number of benzene rings is 1. The van der Waals surface area contributed by atoms with Crippen LogP contribution in [0.5, 0.6) is 0 Å². The molecule has 1 unspecified atom stereocenters. The molecule has 112 valence electrons. The highest BCUT2D eigenvalue weighted by molar-refractivity contribution is 7.79. The molecule has 0 N–H and O–H groups in total. The molecule has 1 heterocycles. The van der Waals surface area contributed by atoms with E-state index in [1.807, 2.05) is 23.8 Å². The maximum Gasteiger partial charge on any atom is 0.352 e. The van der Waals surface area contributed by atoms with Gasteiger partial charge < -0.3 is 14.0 Å². The molecule has 0 amide bonds. The van der Waals surface area contributed by atoms with Gasteiger partial charge in [0.15, 0.2) is 0 Å². The van der Waals surface area contributed by atoms with E-state index >= 15 is 0 Å². The number of imidazole rings is 1. The smallest absolute Gasteiger partial charge is 0.352 e. The molecule has 0 saturated heterocycles. The fraction of sp³-hybridized carbons (Fsp3) is 0.286. The van der Waals surface area contributed by atoms with E-state index in [0.29, 0.717) is 23.2 Å². The van der Waals surface area contributed by atoms with Crippen molar-refractivity contribution in [1.82, 2.24) is 9.55 Å². The Morgan fingerprint density at radius 2 is 2.24 bits per heavy atom. The first-order valence-electron chi connectivity index (χ1n) is 6.34. The molecule has 1 aromatic heterocycles. The molecule has 4 nitrogen and oxygen atoms in total. The van der Waals surface area contributed by atoms with E-state index in [0.717, 1.165) is 5.56 Å². The molecule has 2 aromatic rings. The summed E-state index contributed by atoms with van der Waals surface area (Å²) in [6.07, 6.45) is 4.85. The molecule has 0 aliphatic rings. The Bertz CT molecular complexity index is 605. The van der Waals surface area contributed by atoms with Gasteiger partial charge in [-0.15, -0.1) is 0 Å². The Balaban J connectivity index is 2.23. The monoisotopic (exact) mass is 344 g/mol. The molecule has 0 bridgehead atoms. The van der Waals surface area contributed by atoms with Gasteiger partial charge in [0.05, 0.1) is 19.5 Å². The van der Waals surface area contributed by atoms with Crippen LogP contribution >= 0.6 is 35.4 Å². The zero-order chi connectivity index (χ0) is 15.2. The van der Waals surface area contributed by atoms with E-state index < -0.39 is 0 Å². The predicted molar refractivity (Wildman–Crippen MR) is 86.7 cm³/mol. The molecule has 7 heteroatoms. The summed E-state index contributed by atoms with van der Waals surface area (Å²) in [7, 11) is 0. The van der Waals surface area contributed by atoms with Crippen molar-refractivity contribution in [2.24, 2.45) is 0 Å². The molecule has 1 aromatic carbocycles. The number of rotatable bonds is 5. The highest BCUT2D eigenvalue weighted by atomic mass is 35.5. The molecule has 0 spiro atoms. The molecule has 0 aliphatic carbocycles. The van der Waals surface area contributed by atoms with Crippen LogP contribution in [0.15, 0.2) is 36.9 Å². The fourth-order valence-electron chi connectivity index (χ4n) is 1.82. The van der Waals surface area contributed by atoms with Crippen molar-refractivity contribution >= 4 is 40.7 Å². The second kappa shape index (κ2) is 7.64. The van der Waals surface area contributed by atoms with Crippen LogP contribution in [-0.4, -0.2) is 21.4 Å². The van der Waals surface area contributed by atoms with Gasteiger partial charge in [0.2, 0.25) is 0 Å². The summed E-state index contributed by atoms with van der Waals surface area (Å²) in [4.78, 5) is 4.01. The molecule has 0 saturated carbocycles.